The van der Waals surface area contributed by atoms with Crippen LogP contribution in [0.15, 0.2) is 28.7 Å². The first-order valence-corrected chi connectivity index (χ1v) is 7.66. The zero-order valence-corrected chi connectivity index (χ0v) is 12.6. The van der Waals surface area contributed by atoms with Crippen molar-refractivity contribution in [3.8, 4) is 0 Å². The van der Waals surface area contributed by atoms with E-state index < -0.39 is 0 Å². The molecule has 1 atom stereocenters. The smallest absolute Gasteiger partial charge is 0.0468 e. The van der Waals surface area contributed by atoms with E-state index in [-0.39, 0.29) is 0 Å². The molecule has 1 heterocycles. The highest BCUT2D eigenvalue weighted by Crippen LogP contribution is 2.31. The van der Waals surface area contributed by atoms with Gasteiger partial charge in [0.25, 0.3) is 0 Å². The van der Waals surface area contributed by atoms with Gasteiger partial charge in [-0.05, 0) is 43.4 Å². The molecule has 3 heteroatoms. The first kappa shape index (κ1) is 14.0. The van der Waals surface area contributed by atoms with Gasteiger partial charge in [0.05, 0.1) is 0 Å². The number of hydrogen-bond donors (Lipinski definition) is 1. The van der Waals surface area contributed by atoms with Gasteiger partial charge in [-0.15, -0.1) is 0 Å². The second-order valence-corrected chi connectivity index (χ2v) is 5.78. The van der Waals surface area contributed by atoms with Crippen molar-refractivity contribution in [2.75, 3.05) is 19.8 Å². The second kappa shape index (κ2) is 7.27. The molecule has 18 heavy (non-hydrogen) atoms. The maximum Gasteiger partial charge on any atom is 0.0468 e. The molecule has 1 aliphatic rings. The molecule has 1 aliphatic heterocycles. The molecule has 1 saturated heterocycles. The summed E-state index contributed by atoms with van der Waals surface area (Å²) in [5.41, 5.74) is 1.38. The molecular weight excluding hydrogens is 290 g/mol. The Hall–Kier alpha value is -0.380. The van der Waals surface area contributed by atoms with E-state index in [1.54, 1.807) is 0 Å². The third kappa shape index (κ3) is 3.81. The molecule has 1 aromatic carbocycles. The third-order valence-corrected chi connectivity index (χ3v) is 4.36. The van der Waals surface area contributed by atoms with Crippen LogP contribution in [0.1, 0.15) is 37.8 Å². The lowest BCUT2D eigenvalue weighted by molar-refractivity contribution is 0.0605. The fourth-order valence-corrected chi connectivity index (χ4v) is 3.20. The summed E-state index contributed by atoms with van der Waals surface area (Å²) in [6, 6.07) is 8.99. The van der Waals surface area contributed by atoms with Gasteiger partial charge >= 0.3 is 0 Å². The second-order valence-electron chi connectivity index (χ2n) is 4.92. The summed E-state index contributed by atoms with van der Waals surface area (Å²) >= 11 is 3.67. The van der Waals surface area contributed by atoms with Crippen LogP contribution in [0, 0.1) is 5.92 Å². The van der Waals surface area contributed by atoms with Crippen molar-refractivity contribution in [2.24, 2.45) is 5.92 Å². The molecule has 0 amide bonds. The Labute approximate surface area is 118 Å². The quantitative estimate of drug-likeness (QED) is 0.890. The summed E-state index contributed by atoms with van der Waals surface area (Å²) in [6.07, 6.45) is 3.61. The SMILES string of the molecule is CCNC(CC1CCOCC1)c1ccccc1Br. The van der Waals surface area contributed by atoms with Crippen molar-refractivity contribution in [3.05, 3.63) is 34.3 Å². The van der Waals surface area contributed by atoms with Crippen LogP contribution in [0.3, 0.4) is 0 Å². The van der Waals surface area contributed by atoms with Crippen LogP contribution < -0.4 is 5.32 Å². The van der Waals surface area contributed by atoms with Gasteiger partial charge in [-0.2, -0.15) is 0 Å². The van der Waals surface area contributed by atoms with Crippen molar-refractivity contribution >= 4 is 15.9 Å². The Kier molecular flexibility index (Phi) is 5.67. The number of benzene rings is 1. The molecule has 0 aromatic heterocycles. The highest BCUT2D eigenvalue weighted by Gasteiger charge is 2.21. The molecule has 0 aliphatic carbocycles. The zero-order valence-electron chi connectivity index (χ0n) is 11.0. The van der Waals surface area contributed by atoms with Crippen LogP contribution in [0.2, 0.25) is 0 Å². The third-order valence-electron chi connectivity index (χ3n) is 3.64. The van der Waals surface area contributed by atoms with Crippen LogP contribution in [-0.4, -0.2) is 19.8 Å². The number of hydrogen-bond acceptors (Lipinski definition) is 2. The van der Waals surface area contributed by atoms with Gasteiger partial charge in [0.15, 0.2) is 0 Å². The van der Waals surface area contributed by atoms with E-state index in [2.05, 4.69) is 52.4 Å². The monoisotopic (exact) mass is 311 g/mol. The van der Waals surface area contributed by atoms with Crippen molar-refractivity contribution < 1.29 is 4.74 Å². The Morgan fingerprint density at radius 3 is 2.72 bits per heavy atom. The molecule has 0 radical (unpaired) electrons. The van der Waals surface area contributed by atoms with Gasteiger partial charge in [0.2, 0.25) is 0 Å². The van der Waals surface area contributed by atoms with Crippen molar-refractivity contribution in [1.82, 2.24) is 5.32 Å². The van der Waals surface area contributed by atoms with Gasteiger partial charge in [-0.3, -0.25) is 0 Å². The van der Waals surface area contributed by atoms with E-state index >= 15 is 0 Å². The van der Waals surface area contributed by atoms with Gasteiger partial charge in [-0.25, -0.2) is 0 Å². The summed E-state index contributed by atoms with van der Waals surface area (Å²) in [6.45, 7) is 5.04. The van der Waals surface area contributed by atoms with Crippen LogP contribution in [-0.2, 0) is 4.74 Å². The average Bonchev–Trinajstić information content (AvgIpc) is 2.40. The van der Waals surface area contributed by atoms with E-state index in [0.29, 0.717) is 6.04 Å². The Balaban J connectivity index is 2.05. The largest absolute Gasteiger partial charge is 0.381 e. The lowest BCUT2D eigenvalue weighted by atomic mass is 9.89. The maximum absolute atomic E-state index is 5.44. The van der Waals surface area contributed by atoms with Gasteiger partial charge in [-0.1, -0.05) is 41.1 Å². The van der Waals surface area contributed by atoms with E-state index in [4.69, 9.17) is 4.74 Å². The van der Waals surface area contributed by atoms with Crippen LogP contribution >= 0.6 is 15.9 Å². The molecule has 1 N–H and O–H groups in total. The molecule has 0 spiro atoms. The summed E-state index contributed by atoms with van der Waals surface area (Å²) in [5, 5.41) is 3.62. The number of rotatable bonds is 5. The van der Waals surface area contributed by atoms with Crippen molar-refractivity contribution in [1.29, 1.82) is 0 Å². The highest BCUT2D eigenvalue weighted by molar-refractivity contribution is 9.10. The van der Waals surface area contributed by atoms with Gasteiger partial charge in [0, 0.05) is 23.7 Å². The summed E-state index contributed by atoms with van der Waals surface area (Å²) in [7, 11) is 0. The topological polar surface area (TPSA) is 21.3 Å². The normalized spacial score (nSPS) is 18.8. The van der Waals surface area contributed by atoms with Crippen LogP contribution in [0.5, 0.6) is 0 Å². The Bertz CT molecular complexity index is 363. The maximum atomic E-state index is 5.44. The molecule has 0 bridgehead atoms. The van der Waals surface area contributed by atoms with Gasteiger partial charge in [0.1, 0.15) is 0 Å². The summed E-state index contributed by atoms with van der Waals surface area (Å²) < 4.78 is 6.65. The highest BCUT2D eigenvalue weighted by atomic mass is 79.9. The minimum Gasteiger partial charge on any atom is -0.381 e. The van der Waals surface area contributed by atoms with Crippen molar-refractivity contribution in [2.45, 2.75) is 32.2 Å². The first-order valence-electron chi connectivity index (χ1n) is 6.86. The standard InChI is InChI=1S/C15H22BrNO/c1-2-17-15(11-12-7-9-18-10-8-12)13-5-3-4-6-14(13)16/h3-6,12,15,17H,2,7-11H2,1H3. The Morgan fingerprint density at radius 1 is 1.33 bits per heavy atom. The first-order chi connectivity index (χ1) is 8.81. The summed E-state index contributed by atoms with van der Waals surface area (Å²) in [4.78, 5) is 0. The minimum atomic E-state index is 0.452. The van der Waals surface area contributed by atoms with E-state index in [9.17, 15) is 0 Å². The lowest BCUT2D eigenvalue weighted by Gasteiger charge is -2.28. The number of halogens is 1. The Morgan fingerprint density at radius 2 is 2.06 bits per heavy atom. The zero-order chi connectivity index (χ0) is 12.8. The molecule has 1 unspecified atom stereocenters. The molecular formula is C15H22BrNO. The fraction of sp³-hybridized carbons (Fsp3) is 0.600. The molecule has 0 saturated carbocycles. The predicted octanol–water partition coefficient (Wildman–Crippen LogP) is 3.92. The fourth-order valence-electron chi connectivity index (χ4n) is 2.64. The van der Waals surface area contributed by atoms with Crippen LogP contribution in [0.4, 0.5) is 0 Å². The average molecular weight is 312 g/mol. The summed E-state index contributed by atoms with van der Waals surface area (Å²) in [5.74, 6) is 0.787. The molecule has 100 valence electrons. The molecule has 1 fully saturated rings. The minimum absolute atomic E-state index is 0.452. The lowest BCUT2D eigenvalue weighted by Crippen LogP contribution is -2.26. The molecule has 2 nitrogen and oxygen atoms in total. The number of ether oxygens (including phenoxy) is 1. The van der Waals surface area contributed by atoms with Crippen molar-refractivity contribution in [3.63, 3.8) is 0 Å². The van der Waals surface area contributed by atoms with E-state index in [1.165, 1.54) is 29.3 Å². The molecule has 2 rings (SSSR count). The molecule has 1 aromatic rings. The van der Waals surface area contributed by atoms with Crippen LogP contribution in [0.25, 0.3) is 0 Å². The van der Waals surface area contributed by atoms with Gasteiger partial charge < -0.3 is 10.1 Å². The van der Waals surface area contributed by atoms with E-state index in [1.807, 2.05) is 0 Å². The number of nitrogens with one attached hydrogen (secondary N) is 1. The van der Waals surface area contributed by atoms with E-state index in [0.717, 1.165) is 25.7 Å². The predicted molar refractivity (Wildman–Crippen MR) is 78.7 cm³/mol.